The van der Waals surface area contributed by atoms with E-state index in [1.54, 1.807) is 4.90 Å². The molecule has 1 amide bonds. The molecule has 1 aliphatic carbocycles. The Balaban J connectivity index is 1.78. The van der Waals surface area contributed by atoms with Crippen molar-refractivity contribution in [2.45, 2.75) is 19.8 Å². The molecule has 1 aromatic carbocycles. The molecule has 0 radical (unpaired) electrons. The highest BCUT2D eigenvalue weighted by Gasteiger charge is 2.37. The van der Waals surface area contributed by atoms with Crippen LogP contribution in [0.4, 0.5) is 4.39 Å². The first-order valence-electron chi connectivity index (χ1n) is 6.94. The Kier molecular flexibility index (Phi) is 3.55. The van der Waals surface area contributed by atoms with Crippen LogP contribution in [0.1, 0.15) is 30.1 Å². The molecule has 1 saturated heterocycles. The molecule has 0 bridgehead atoms. The summed E-state index contributed by atoms with van der Waals surface area (Å²) in [6.45, 7) is 3.58. The molecule has 0 spiro atoms. The zero-order chi connectivity index (χ0) is 14.3. The lowest BCUT2D eigenvalue weighted by Gasteiger charge is -2.21. The van der Waals surface area contributed by atoms with Crippen LogP contribution in [-0.4, -0.2) is 23.9 Å². The number of amides is 1. The molecule has 2 nitrogen and oxygen atoms in total. The second kappa shape index (κ2) is 5.21. The van der Waals surface area contributed by atoms with Crippen molar-refractivity contribution in [1.82, 2.24) is 4.90 Å². The summed E-state index contributed by atoms with van der Waals surface area (Å²) < 4.78 is 13.8. The van der Waals surface area contributed by atoms with E-state index in [0.717, 1.165) is 25.9 Å². The van der Waals surface area contributed by atoms with Gasteiger partial charge in [0.2, 0.25) is 0 Å². The third kappa shape index (κ3) is 2.47. The minimum absolute atomic E-state index is 0.0841. The van der Waals surface area contributed by atoms with Crippen LogP contribution in [0.15, 0.2) is 29.8 Å². The number of hydrogen-bond acceptors (Lipinski definition) is 1. The first-order valence-corrected chi connectivity index (χ1v) is 7.32. The van der Waals surface area contributed by atoms with E-state index in [1.807, 2.05) is 0 Å². The van der Waals surface area contributed by atoms with Gasteiger partial charge in [-0.25, -0.2) is 4.39 Å². The molecule has 1 aliphatic heterocycles. The van der Waals surface area contributed by atoms with Crippen molar-refractivity contribution in [3.8, 4) is 0 Å². The highest BCUT2D eigenvalue weighted by atomic mass is 35.5. The summed E-state index contributed by atoms with van der Waals surface area (Å²) in [6, 6.07) is 4.14. The number of rotatable bonds is 1. The van der Waals surface area contributed by atoms with Gasteiger partial charge in [-0.2, -0.15) is 0 Å². The van der Waals surface area contributed by atoms with Gasteiger partial charge in [0.25, 0.3) is 5.91 Å². The first kappa shape index (κ1) is 13.6. The first-order chi connectivity index (χ1) is 9.54. The van der Waals surface area contributed by atoms with Crippen molar-refractivity contribution >= 4 is 17.5 Å². The fourth-order valence-corrected chi connectivity index (χ4v) is 3.46. The van der Waals surface area contributed by atoms with Gasteiger partial charge in [0.1, 0.15) is 5.82 Å². The van der Waals surface area contributed by atoms with Crippen LogP contribution in [0.25, 0.3) is 0 Å². The number of fused-ring (bicyclic) bond motifs is 1. The van der Waals surface area contributed by atoms with Crippen molar-refractivity contribution in [3.05, 3.63) is 46.3 Å². The molecule has 1 aromatic rings. The summed E-state index contributed by atoms with van der Waals surface area (Å²) in [7, 11) is 0. The summed E-state index contributed by atoms with van der Waals surface area (Å²) in [5, 5.41) is 0.392. The maximum absolute atomic E-state index is 13.8. The molecule has 1 heterocycles. The monoisotopic (exact) mass is 293 g/mol. The predicted molar refractivity (Wildman–Crippen MR) is 77.3 cm³/mol. The predicted octanol–water partition coefficient (Wildman–Crippen LogP) is 3.91. The molecule has 0 unspecified atom stereocenters. The molecule has 4 heteroatoms. The number of carbonyl (C=O) groups excluding carboxylic acids is 1. The Labute approximate surface area is 123 Å². The lowest BCUT2D eigenvalue weighted by atomic mass is 9.83. The number of nitrogens with zero attached hydrogens (tertiary/aromatic N) is 1. The van der Waals surface area contributed by atoms with Crippen molar-refractivity contribution < 1.29 is 9.18 Å². The van der Waals surface area contributed by atoms with Crippen LogP contribution in [0.2, 0.25) is 5.02 Å². The van der Waals surface area contributed by atoms with Crippen LogP contribution in [-0.2, 0) is 0 Å². The average molecular weight is 294 g/mol. The third-order valence-corrected chi connectivity index (χ3v) is 4.61. The zero-order valence-corrected chi connectivity index (χ0v) is 12.2. The van der Waals surface area contributed by atoms with Crippen LogP contribution < -0.4 is 0 Å². The molecule has 20 heavy (non-hydrogen) atoms. The SMILES string of the molecule is CC1=CC[C@H]2CN(C(=O)c3cc(Cl)ccc3F)C[C@H]2C1. The van der Waals surface area contributed by atoms with Crippen LogP contribution in [0, 0.1) is 17.7 Å². The lowest BCUT2D eigenvalue weighted by molar-refractivity contribution is 0.0779. The zero-order valence-electron chi connectivity index (χ0n) is 11.4. The fraction of sp³-hybridized carbons (Fsp3) is 0.438. The number of hydrogen-bond donors (Lipinski definition) is 0. The number of halogens is 2. The van der Waals surface area contributed by atoms with Crippen molar-refractivity contribution in [3.63, 3.8) is 0 Å². The molecular formula is C16H17ClFNO. The van der Waals surface area contributed by atoms with E-state index in [1.165, 1.54) is 23.8 Å². The van der Waals surface area contributed by atoms with Crippen molar-refractivity contribution in [2.24, 2.45) is 11.8 Å². The topological polar surface area (TPSA) is 20.3 Å². The number of benzene rings is 1. The van der Waals surface area contributed by atoms with Gasteiger partial charge in [-0.1, -0.05) is 23.3 Å². The Morgan fingerprint density at radius 2 is 2.10 bits per heavy atom. The molecule has 2 atom stereocenters. The molecule has 2 aliphatic rings. The number of carbonyl (C=O) groups is 1. The van der Waals surface area contributed by atoms with E-state index >= 15 is 0 Å². The highest BCUT2D eigenvalue weighted by molar-refractivity contribution is 6.31. The molecular weight excluding hydrogens is 277 g/mol. The molecule has 3 rings (SSSR count). The van der Waals surface area contributed by atoms with Crippen molar-refractivity contribution in [1.29, 1.82) is 0 Å². The van der Waals surface area contributed by atoms with E-state index in [-0.39, 0.29) is 11.5 Å². The lowest BCUT2D eigenvalue weighted by Crippen LogP contribution is -2.29. The quantitative estimate of drug-likeness (QED) is 0.719. The molecule has 0 aromatic heterocycles. The summed E-state index contributed by atoms with van der Waals surface area (Å²) >= 11 is 5.86. The van der Waals surface area contributed by atoms with Gasteiger partial charge in [-0.15, -0.1) is 0 Å². The minimum Gasteiger partial charge on any atom is -0.338 e. The second-order valence-corrected chi connectivity index (χ2v) is 6.28. The Morgan fingerprint density at radius 1 is 1.35 bits per heavy atom. The van der Waals surface area contributed by atoms with E-state index in [2.05, 4.69) is 13.0 Å². The third-order valence-electron chi connectivity index (χ3n) is 4.38. The normalized spacial score (nSPS) is 25.4. The molecule has 0 N–H and O–H groups in total. The maximum Gasteiger partial charge on any atom is 0.256 e. The summed E-state index contributed by atoms with van der Waals surface area (Å²) in [5.41, 5.74) is 1.48. The summed E-state index contributed by atoms with van der Waals surface area (Å²) in [4.78, 5) is 14.2. The molecule has 106 valence electrons. The molecule has 0 saturated carbocycles. The van der Waals surface area contributed by atoms with E-state index in [4.69, 9.17) is 11.6 Å². The fourth-order valence-electron chi connectivity index (χ4n) is 3.28. The van der Waals surface area contributed by atoms with Crippen molar-refractivity contribution in [2.75, 3.05) is 13.1 Å². The summed E-state index contributed by atoms with van der Waals surface area (Å²) in [5.74, 6) is 0.303. The van der Waals surface area contributed by atoms with Gasteiger partial charge in [0.05, 0.1) is 5.56 Å². The Bertz CT molecular complexity index is 584. The van der Waals surface area contributed by atoms with Crippen LogP contribution >= 0.6 is 11.6 Å². The largest absolute Gasteiger partial charge is 0.338 e. The highest BCUT2D eigenvalue weighted by Crippen LogP contribution is 2.36. The van der Waals surface area contributed by atoms with Gasteiger partial charge in [-0.3, -0.25) is 4.79 Å². The smallest absolute Gasteiger partial charge is 0.256 e. The maximum atomic E-state index is 13.8. The average Bonchev–Trinajstić information content (AvgIpc) is 2.83. The molecule has 1 fully saturated rings. The van der Waals surface area contributed by atoms with Crippen LogP contribution in [0.5, 0.6) is 0 Å². The number of likely N-dealkylation sites (tertiary alicyclic amines) is 1. The Morgan fingerprint density at radius 3 is 2.90 bits per heavy atom. The van der Waals surface area contributed by atoms with Gasteiger partial charge in [0.15, 0.2) is 0 Å². The number of allylic oxidation sites excluding steroid dienone is 2. The Hall–Kier alpha value is -1.35. The second-order valence-electron chi connectivity index (χ2n) is 5.84. The van der Waals surface area contributed by atoms with Gasteiger partial charge >= 0.3 is 0 Å². The van der Waals surface area contributed by atoms with Gasteiger partial charge in [0, 0.05) is 18.1 Å². The van der Waals surface area contributed by atoms with E-state index in [9.17, 15) is 9.18 Å². The van der Waals surface area contributed by atoms with Crippen LogP contribution in [0.3, 0.4) is 0 Å². The van der Waals surface area contributed by atoms with Gasteiger partial charge < -0.3 is 4.90 Å². The van der Waals surface area contributed by atoms with E-state index in [0.29, 0.717) is 16.9 Å². The minimum atomic E-state index is -0.497. The van der Waals surface area contributed by atoms with Gasteiger partial charge in [-0.05, 0) is 49.8 Å². The summed E-state index contributed by atoms with van der Waals surface area (Å²) in [6.07, 6.45) is 4.33. The standard InChI is InChI=1S/C16H17ClFNO/c1-10-2-3-11-8-19(9-12(11)6-10)16(20)14-7-13(17)4-5-15(14)18/h2,4-5,7,11-12H,3,6,8-9H2,1H3/t11-,12+/m0/s1. The van der Waals surface area contributed by atoms with E-state index < -0.39 is 5.82 Å².